The highest BCUT2D eigenvalue weighted by Gasteiger charge is 2.22. The van der Waals surface area contributed by atoms with Crippen LogP contribution >= 0.6 is 23.2 Å². The van der Waals surface area contributed by atoms with Gasteiger partial charge in [-0.3, -0.25) is 9.58 Å². The van der Waals surface area contributed by atoms with Crippen LogP contribution in [0.1, 0.15) is 17.8 Å². The van der Waals surface area contributed by atoms with E-state index in [0.717, 1.165) is 42.5 Å². The summed E-state index contributed by atoms with van der Waals surface area (Å²) in [7, 11) is 1.93. The molecule has 1 aromatic heterocycles. The minimum atomic E-state index is 0.290. The van der Waals surface area contributed by atoms with Gasteiger partial charge in [-0.15, -0.1) is 11.6 Å². The third-order valence-electron chi connectivity index (χ3n) is 2.85. The summed E-state index contributed by atoms with van der Waals surface area (Å²) >= 11 is 12.2. The van der Waals surface area contributed by atoms with Gasteiger partial charge >= 0.3 is 0 Å². The predicted octanol–water partition coefficient (Wildman–Crippen LogP) is 2.20. The van der Waals surface area contributed by atoms with Crippen molar-refractivity contribution in [3.63, 3.8) is 0 Å². The molecule has 0 aliphatic carbocycles. The minimum absolute atomic E-state index is 0.290. The standard InChI is InChI=1S/C10H15Cl2N3/c1-7-10(12)9(14(2)13-7)6-15-4-3-8(11)5-15/h8H,3-6H2,1-2H3. The lowest BCUT2D eigenvalue weighted by molar-refractivity contribution is 0.322. The molecule has 0 N–H and O–H groups in total. The Bertz CT molecular complexity index is 362. The van der Waals surface area contributed by atoms with Crippen LogP contribution < -0.4 is 0 Å². The number of aryl methyl sites for hydroxylation is 2. The minimum Gasteiger partial charge on any atom is -0.296 e. The van der Waals surface area contributed by atoms with Crippen LogP contribution in [0.15, 0.2) is 0 Å². The maximum Gasteiger partial charge on any atom is 0.0860 e. The summed E-state index contributed by atoms with van der Waals surface area (Å²) in [5, 5.41) is 5.37. The molecule has 0 spiro atoms. The van der Waals surface area contributed by atoms with Crippen LogP contribution in [0.2, 0.25) is 5.02 Å². The number of nitrogens with zero attached hydrogens (tertiary/aromatic N) is 3. The van der Waals surface area contributed by atoms with Crippen LogP contribution in [0, 0.1) is 6.92 Å². The molecular formula is C10H15Cl2N3. The van der Waals surface area contributed by atoms with Crippen molar-refractivity contribution in [2.45, 2.75) is 25.3 Å². The number of alkyl halides is 1. The molecule has 2 rings (SSSR count). The number of hydrogen-bond donors (Lipinski definition) is 0. The predicted molar refractivity (Wildman–Crippen MR) is 62.5 cm³/mol. The van der Waals surface area contributed by atoms with E-state index in [1.165, 1.54) is 0 Å². The molecular weight excluding hydrogens is 233 g/mol. The molecule has 5 heteroatoms. The monoisotopic (exact) mass is 247 g/mol. The average molecular weight is 248 g/mol. The maximum absolute atomic E-state index is 6.19. The third-order valence-corrected chi connectivity index (χ3v) is 3.70. The van der Waals surface area contributed by atoms with E-state index in [0.29, 0.717) is 0 Å². The van der Waals surface area contributed by atoms with Gasteiger partial charge in [0.25, 0.3) is 0 Å². The fraction of sp³-hybridized carbons (Fsp3) is 0.700. The molecule has 0 radical (unpaired) electrons. The zero-order valence-electron chi connectivity index (χ0n) is 9.00. The van der Waals surface area contributed by atoms with E-state index in [9.17, 15) is 0 Å². The topological polar surface area (TPSA) is 21.1 Å². The second-order valence-electron chi connectivity index (χ2n) is 4.09. The number of likely N-dealkylation sites (tertiary alicyclic amines) is 1. The van der Waals surface area contributed by atoms with Crippen molar-refractivity contribution >= 4 is 23.2 Å². The molecule has 0 bridgehead atoms. The Labute approximate surface area is 100.0 Å². The molecule has 1 aromatic rings. The second kappa shape index (κ2) is 4.32. The molecule has 1 saturated heterocycles. The molecule has 84 valence electrons. The summed E-state index contributed by atoms with van der Waals surface area (Å²) in [6.45, 7) is 4.77. The summed E-state index contributed by atoms with van der Waals surface area (Å²) in [4.78, 5) is 2.32. The van der Waals surface area contributed by atoms with E-state index in [1.54, 1.807) is 0 Å². The molecule has 1 unspecified atom stereocenters. The van der Waals surface area contributed by atoms with Gasteiger partial charge in [0.05, 0.1) is 16.4 Å². The van der Waals surface area contributed by atoms with Gasteiger partial charge in [-0.25, -0.2) is 0 Å². The van der Waals surface area contributed by atoms with Crippen molar-refractivity contribution in [1.82, 2.24) is 14.7 Å². The van der Waals surface area contributed by atoms with E-state index >= 15 is 0 Å². The van der Waals surface area contributed by atoms with Crippen LogP contribution in [-0.4, -0.2) is 33.1 Å². The van der Waals surface area contributed by atoms with Crippen LogP contribution in [0.3, 0.4) is 0 Å². The lowest BCUT2D eigenvalue weighted by atomic mass is 10.3. The van der Waals surface area contributed by atoms with Gasteiger partial charge in [0.2, 0.25) is 0 Å². The van der Waals surface area contributed by atoms with Crippen molar-refractivity contribution in [1.29, 1.82) is 0 Å². The Morgan fingerprint density at radius 1 is 1.53 bits per heavy atom. The summed E-state index contributed by atoms with van der Waals surface area (Å²) in [5.74, 6) is 0. The fourth-order valence-electron chi connectivity index (χ4n) is 1.99. The fourth-order valence-corrected chi connectivity index (χ4v) is 2.51. The molecule has 0 amide bonds. The van der Waals surface area contributed by atoms with Gasteiger partial charge < -0.3 is 0 Å². The Kier molecular flexibility index (Phi) is 3.24. The van der Waals surface area contributed by atoms with Crippen molar-refractivity contribution in [2.75, 3.05) is 13.1 Å². The first-order chi connectivity index (χ1) is 7.08. The molecule has 0 aromatic carbocycles. The molecule has 1 fully saturated rings. The van der Waals surface area contributed by atoms with Crippen molar-refractivity contribution in [3.8, 4) is 0 Å². The first-order valence-corrected chi connectivity index (χ1v) is 5.93. The van der Waals surface area contributed by atoms with E-state index in [4.69, 9.17) is 23.2 Å². The molecule has 1 atom stereocenters. The van der Waals surface area contributed by atoms with Gasteiger partial charge in [-0.1, -0.05) is 11.6 Å². The SMILES string of the molecule is Cc1nn(C)c(CN2CCC(Cl)C2)c1Cl. The quantitative estimate of drug-likeness (QED) is 0.748. The number of rotatable bonds is 2. The first kappa shape index (κ1) is 11.2. The Balaban J connectivity index is 2.10. The van der Waals surface area contributed by atoms with Gasteiger partial charge in [0.1, 0.15) is 0 Å². The zero-order chi connectivity index (χ0) is 11.0. The zero-order valence-corrected chi connectivity index (χ0v) is 10.5. The second-order valence-corrected chi connectivity index (χ2v) is 5.09. The number of halogens is 2. The van der Waals surface area contributed by atoms with Gasteiger partial charge in [-0.05, 0) is 13.3 Å². The van der Waals surface area contributed by atoms with Crippen molar-refractivity contribution in [2.24, 2.45) is 7.05 Å². The Morgan fingerprint density at radius 3 is 2.73 bits per heavy atom. The van der Waals surface area contributed by atoms with E-state index in [1.807, 2.05) is 18.7 Å². The first-order valence-electron chi connectivity index (χ1n) is 5.12. The van der Waals surface area contributed by atoms with Crippen molar-refractivity contribution < 1.29 is 0 Å². The third kappa shape index (κ3) is 2.30. The molecule has 2 heterocycles. The highest BCUT2D eigenvalue weighted by molar-refractivity contribution is 6.31. The average Bonchev–Trinajstić information content (AvgIpc) is 2.67. The highest BCUT2D eigenvalue weighted by atomic mass is 35.5. The molecule has 0 saturated carbocycles. The van der Waals surface area contributed by atoms with Crippen LogP contribution in [-0.2, 0) is 13.6 Å². The summed E-state index contributed by atoms with van der Waals surface area (Å²) < 4.78 is 1.86. The highest BCUT2D eigenvalue weighted by Crippen LogP contribution is 2.23. The Morgan fingerprint density at radius 2 is 2.27 bits per heavy atom. The molecule has 3 nitrogen and oxygen atoms in total. The van der Waals surface area contributed by atoms with E-state index in [-0.39, 0.29) is 5.38 Å². The Hall–Kier alpha value is -0.250. The van der Waals surface area contributed by atoms with Crippen molar-refractivity contribution in [3.05, 3.63) is 16.4 Å². The van der Waals surface area contributed by atoms with Crippen LogP contribution in [0.4, 0.5) is 0 Å². The number of hydrogen-bond acceptors (Lipinski definition) is 2. The molecule has 1 aliphatic rings. The smallest absolute Gasteiger partial charge is 0.0860 e. The summed E-state index contributed by atoms with van der Waals surface area (Å²) in [6.07, 6.45) is 1.07. The van der Waals surface area contributed by atoms with E-state index in [2.05, 4.69) is 10.00 Å². The largest absolute Gasteiger partial charge is 0.296 e. The maximum atomic E-state index is 6.19. The lowest BCUT2D eigenvalue weighted by Gasteiger charge is -2.14. The van der Waals surface area contributed by atoms with Gasteiger partial charge in [0.15, 0.2) is 0 Å². The van der Waals surface area contributed by atoms with E-state index < -0.39 is 0 Å². The number of aromatic nitrogens is 2. The summed E-state index contributed by atoms with van der Waals surface area (Å²) in [5.41, 5.74) is 1.98. The lowest BCUT2D eigenvalue weighted by Crippen LogP contribution is -2.22. The van der Waals surface area contributed by atoms with Gasteiger partial charge in [-0.2, -0.15) is 5.10 Å². The molecule has 15 heavy (non-hydrogen) atoms. The normalized spacial score (nSPS) is 22.5. The summed E-state index contributed by atoms with van der Waals surface area (Å²) in [6, 6.07) is 0. The van der Waals surface area contributed by atoms with Crippen LogP contribution in [0.5, 0.6) is 0 Å². The van der Waals surface area contributed by atoms with Gasteiger partial charge in [0, 0.05) is 32.1 Å². The van der Waals surface area contributed by atoms with Crippen LogP contribution in [0.25, 0.3) is 0 Å². The molecule has 1 aliphatic heterocycles.